The zero-order chi connectivity index (χ0) is 15.6. The van der Waals surface area contributed by atoms with Crippen molar-refractivity contribution in [3.63, 3.8) is 0 Å². The Labute approximate surface area is 120 Å². The molecule has 3 N–H and O–H groups in total. The maximum atomic E-state index is 12.5. The first-order valence-corrected chi connectivity index (χ1v) is 6.66. The maximum Gasteiger partial charge on any atom is 0.416 e. The first-order valence-electron chi connectivity index (χ1n) is 6.66. The third-order valence-corrected chi connectivity index (χ3v) is 3.52. The minimum atomic E-state index is -4.37. The van der Waals surface area contributed by atoms with Crippen molar-refractivity contribution >= 4 is 5.91 Å². The number of carbonyl (C=O) groups is 1. The maximum absolute atomic E-state index is 12.5. The van der Waals surface area contributed by atoms with Crippen LogP contribution in [0.2, 0.25) is 0 Å². The second-order valence-electron chi connectivity index (χ2n) is 5.20. The Morgan fingerprint density at radius 2 is 2.00 bits per heavy atom. The molecule has 0 aromatic heterocycles. The Balaban J connectivity index is 1.97. The van der Waals surface area contributed by atoms with Crippen molar-refractivity contribution in [1.82, 2.24) is 10.6 Å². The SMILES string of the molecule is C[C@H](NC(=O)[C@@H]1C[C@H](O)CN1)c1ccc(C(F)(F)F)cc1. The number of hydrogen-bond donors (Lipinski definition) is 3. The van der Waals surface area contributed by atoms with E-state index < -0.39 is 29.9 Å². The first-order chi connectivity index (χ1) is 9.77. The van der Waals surface area contributed by atoms with E-state index >= 15 is 0 Å². The summed E-state index contributed by atoms with van der Waals surface area (Å²) >= 11 is 0. The Hall–Kier alpha value is -1.60. The van der Waals surface area contributed by atoms with Crippen LogP contribution in [-0.4, -0.2) is 29.7 Å². The number of β-amino-alcohol motifs (C(OH)–C–C–N with tert-alkyl or cyclic N) is 1. The van der Waals surface area contributed by atoms with Crippen LogP contribution < -0.4 is 10.6 Å². The molecule has 0 saturated carbocycles. The van der Waals surface area contributed by atoms with Crippen LogP contribution in [0.1, 0.15) is 30.5 Å². The molecule has 4 nitrogen and oxygen atoms in total. The van der Waals surface area contributed by atoms with Crippen molar-refractivity contribution in [1.29, 1.82) is 0 Å². The van der Waals surface area contributed by atoms with E-state index in [-0.39, 0.29) is 5.91 Å². The lowest BCUT2D eigenvalue weighted by molar-refractivity contribution is -0.137. The second-order valence-corrected chi connectivity index (χ2v) is 5.20. The van der Waals surface area contributed by atoms with Crippen molar-refractivity contribution in [3.8, 4) is 0 Å². The minimum absolute atomic E-state index is 0.265. The molecule has 0 bridgehead atoms. The molecule has 2 rings (SSSR count). The van der Waals surface area contributed by atoms with Gasteiger partial charge in [-0.05, 0) is 31.0 Å². The molecule has 1 aromatic carbocycles. The number of benzene rings is 1. The van der Waals surface area contributed by atoms with Crippen molar-refractivity contribution in [2.24, 2.45) is 0 Å². The molecule has 1 aromatic rings. The van der Waals surface area contributed by atoms with Crippen LogP contribution in [0.5, 0.6) is 0 Å². The molecule has 0 aliphatic carbocycles. The highest BCUT2D eigenvalue weighted by molar-refractivity contribution is 5.82. The molecule has 1 heterocycles. The molecule has 1 amide bonds. The van der Waals surface area contributed by atoms with E-state index in [0.29, 0.717) is 18.5 Å². The van der Waals surface area contributed by atoms with Gasteiger partial charge in [0.2, 0.25) is 5.91 Å². The smallest absolute Gasteiger partial charge is 0.392 e. The Kier molecular flexibility index (Phi) is 4.53. The summed E-state index contributed by atoms with van der Waals surface area (Å²) in [5, 5.41) is 15.0. The summed E-state index contributed by atoms with van der Waals surface area (Å²) in [5.41, 5.74) is -0.125. The average molecular weight is 302 g/mol. The molecule has 1 saturated heterocycles. The number of amides is 1. The van der Waals surface area contributed by atoms with E-state index in [0.717, 1.165) is 12.1 Å². The highest BCUT2D eigenvalue weighted by atomic mass is 19.4. The van der Waals surface area contributed by atoms with Gasteiger partial charge in [0.1, 0.15) is 0 Å². The number of halogens is 3. The summed E-state index contributed by atoms with van der Waals surface area (Å²) in [6.45, 7) is 2.07. The van der Waals surface area contributed by atoms with E-state index in [4.69, 9.17) is 0 Å². The third-order valence-electron chi connectivity index (χ3n) is 3.52. The van der Waals surface area contributed by atoms with E-state index in [1.54, 1.807) is 6.92 Å². The summed E-state index contributed by atoms with van der Waals surface area (Å²) in [5.74, 6) is -0.265. The van der Waals surface area contributed by atoms with Crippen molar-refractivity contribution in [2.75, 3.05) is 6.54 Å². The standard InChI is InChI=1S/C14H17F3N2O2/c1-8(19-13(21)12-6-11(20)7-18-12)9-2-4-10(5-3-9)14(15,16)17/h2-5,8,11-12,18,20H,6-7H2,1H3,(H,19,21)/t8-,11-,12-/m0/s1. The number of carbonyl (C=O) groups excluding carboxylic acids is 1. The van der Waals surface area contributed by atoms with Crippen molar-refractivity contribution < 1.29 is 23.1 Å². The van der Waals surface area contributed by atoms with Gasteiger partial charge in [-0.15, -0.1) is 0 Å². The molecule has 0 spiro atoms. The minimum Gasteiger partial charge on any atom is -0.392 e. The summed E-state index contributed by atoms with van der Waals surface area (Å²) < 4.78 is 37.4. The monoisotopic (exact) mass is 302 g/mol. The van der Waals surface area contributed by atoms with Gasteiger partial charge in [-0.3, -0.25) is 4.79 Å². The van der Waals surface area contributed by atoms with Crippen LogP contribution in [0.25, 0.3) is 0 Å². The van der Waals surface area contributed by atoms with Gasteiger partial charge in [-0.25, -0.2) is 0 Å². The quantitative estimate of drug-likeness (QED) is 0.795. The van der Waals surface area contributed by atoms with E-state index in [2.05, 4.69) is 10.6 Å². The molecule has 1 aliphatic rings. The van der Waals surface area contributed by atoms with Crippen LogP contribution in [0.4, 0.5) is 13.2 Å². The number of nitrogens with one attached hydrogen (secondary N) is 2. The van der Waals surface area contributed by atoms with Gasteiger partial charge in [0.25, 0.3) is 0 Å². The fourth-order valence-electron chi connectivity index (χ4n) is 2.27. The Bertz CT molecular complexity index is 502. The molecule has 21 heavy (non-hydrogen) atoms. The lowest BCUT2D eigenvalue weighted by Crippen LogP contribution is -2.41. The zero-order valence-electron chi connectivity index (χ0n) is 11.4. The number of aliphatic hydroxyl groups is 1. The Morgan fingerprint density at radius 3 is 2.48 bits per heavy atom. The Morgan fingerprint density at radius 1 is 1.38 bits per heavy atom. The first kappa shape index (κ1) is 15.8. The van der Waals surface area contributed by atoms with E-state index in [1.807, 2.05) is 0 Å². The normalized spacial score (nSPS) is 23.9. The van der Waals surface area contributed by atoms with Crippen LogP contribution in [0, 0.1) is 0 Å². The molecule has 116 valence electrons. The zero-order valence-corrected chi connectivity index (χ0v) is 11.4. The summed E-state index contributed by atoms with van der Waals surface area (Å²) in [7, 11) is 0. The van der Waals surface area contributed by atoms with Crippen molar-refractivity contribution in [2.45, 2.75) is 37.7 Å². The number of hydrogen-bond acceptors (Lipinski definition) is 3. The van der Waals surface area contributed by atoms with Crippen LogP contribution in [0.15, 0.2) is 24.3 Å². The highest BCUT2D eigenvalue weighted by Gasteiger charge is 2.31. The van der Waals surface area contributed by atoms with Gasteiger partial charge in [0.15, 0.2) is 0 Å². The molecule has 1 fully saturated rings. The highest BCUT2D eigenvalue weighted by Crippen LogP contribution is 2.29. The molecule has 0 radical (unpaired) electrons. The largest absolute Gasteiger partial charge is 0.416 e. The fraction of sp³-hybridized carbons (Fsp3) is 0.500. The lowest BCUT2D eigenvalue weighted by atomic mass is 10.1. The van der Waals surface area contributed by atoms with Gasteiger partial charge in [0, 0.05) is 6.54 Å². The number of rotatable bonds is 3. The van der Waals surface area contributed by atoms with Gasteiger partial charge < -0.3 is 15.7 Å². The molecular weight excluding hydrogens is 285 g/mol. The van der Waals surface area contributed by atoms with Gasteiger partial charge >= 0.3 is 6.18 Å². The van der Waals surface area contributed by atoms with Crippen LogP contribution in [-0.2, 0) is 11.0 Å². The van der Waals surface area contributed by atoms with E-state index in [1.165, 1.54) is 12.1 Å². The molecular formula is C14H17F3N2O2. The summed E-state index contributed by atoms with van der Waals surface area (Å²) in [6.07, 6.45) is -4.57. The molecule has 1 aliphatic heterocycles. The van der Waals surface area contributed by atoms with Crippen molar-refractivity contribution in [3.05, 3.63) is 35.4 Å². The molecule has 0 unspecified atom stereocenters. The fourth-order valence-corrected chi connectivity index (χ4v) is 2.27. The summed E-state index contributed by atoms with van der Waals surface area (Å²) in [6, 6.07) is 3.83. The van der Waals surface area contributed by atoms with Gasteiger partial charge in [0.05, 0.1) is 23.8 Å². The lowest BCUT2D eigenvalue weighted by Gasteiger charge is -2.18. The van der Waals surface area contributed by atoms with Crippen LogP contribution in [0.3, 0.4) is 0 Å². The van der Waals surface area contributed by atoms with Crippen LogP contribution >= 0.6 is 0 Å². The predicted molar refractivity (Wildman–Crippen MR) is 70.4 cm³/mol. The molecule has 3 atom stereocenters. The summed E-state index contributed by atoms with van der Waals surface area (Å²) in [4.78, 5) is 11.9. The third kappa shape index (κ3) is 3.95. The predicted octanol–water partition coefficient (Wildman–Crippen LogP) is 1.61. The average Bonchev–Trinajstić information content (AvgIpc) is 2.84. The molecule has 7 heteroatoms. The van der Waals surface area contributed by atoms with E-state index in [9.17, 15) is 23.1 Å². The number of alkyl halides is 3. The van der Waals surface area contributed by atoms with Gasteiger partial charge in [-0.2, -0.15) is 13.2 Å². The van der Waals surface area contributed by atoms with Gasteiger partial charge in [-0.1, -0.05) is 12.1 Å². The number of aliphatic hydroxyl groups excluding tert-OH is 1. The topological polar surface area (TPSA) is 61.4 Å². The second kappa shape index (κ2) is 6.03.